The molecule has 0 aliphatic carbocycles. The minimum absolute atomic E-state index is 0.212. The molecule has 0 saturated carbocycles. The van der Waals surface area contributed by atoms with Gasteiger partial charge >= 0.3 is 0 Å². The Balaban J connectivity index is 1.81. The summed E-state index contributed by atoms with van der Waals surface area (Å²) in [6.45, 7) is 1.78. The van der Waals surface area contributed by atoms with E-state index < -0.39 is 0 Å². The zero-order valence-electron chi connectivity index (χ0n) is 10.5. The van der Waals surface area contributed by atoms with Gasteiger partial charge in [0.2, 0.25) is 0 Å². The standard InChI is InChI=1S/C11H11N7OS/c1-5(9-15-17-18-16-9)13-10(19)6-2-3-7-8(4-6)20-11(12)14-7/h2-5H,1H3,(H2,12,14)(H,13,19)(H,15,16,17,18). The third-order valence-electron chi connectivity index (χ3n) is 2.76. The maximum absolute atomic E-state index is 12.2. The summed E-state index contributed by atoms with van der Waals surface area (Å²) < 4.78 is 0.877. The fraction of sp³-hybridized carbons (Fsp3) is 0.182. The lowest BCUT2D eigenvalue weighted by Crippen LogP contribution is -2.27. The average Bonchev–Trinajstić information content (AvgIpc) is 3.05. The molecule has 8 nitrogen and oxygen atoms in total. The van der Waals surface area contributed by atoms with Crippen LogP contribution in [0.5, 0.6) is 0 Å². The summed E-state index contributed by atoms with van der Waals surface area (Å²) in [5, 5.41) is 16.7. The van der Waals surface area contributed by atoms with E-state index in [1.807, 2.05) is 0 Å². The molecule has 1 amide bonds. The quantitative estimate of drug-likeness (QED) is 0.658. The number of nitrogens with zero attached hydrogens (tertiary/aromatic N) is 4. The summed E-state index contributed by atoms with van der Waals surface area (Å²) in [5.74, 6) is 0.220. The van der Waals surface area contributed by atoms with Gasteiger partial charge in [-0.25, -0.2) is 4.98 Å². The number of amides is 1. The lowest BCUT2D eigenvalue weighted by atomic mass is 10.2. The van der Waals surface area contributed by atoms with Crippen LogP contribution in [0.1, 0.15) is 29.1 Å². The molecule has 1 aromatic carbocycles. The number of carbonyl (C=O) groups excluding carboxylic acids is 1. The molecule has 0 saturated heterocycles. The molecule has 0 aliphatic heterocycles. The van der Waals surface area contributed by atoms with E-state index in [4.69, 9.17) is 5.73 Å². The second-order valence-corrected chi connectivity index (χ2v) is 5.26. The number of nitrogens with two attached hydrogens (primary N) is 1. The summed E-state index contributed by atoms with van der Waals surface area (Å²) in [4.78, 5) is 16.3. The van der Waals surface area contributed by atoms with Gasteiger partial charge in [-0.05, 0) is 25.1 Å². The molecule has 9 heteroatoms. The Hall–Kier alpha value is -2.55. The highest BCUT2D eigenvalue weighted by Crippen LogP contribution is 2.24. The number of hydrogen-bond acceptors (Lipinski definition) is 7. The van der Waals surface area contributed by atoms with Crippen molar-refractivity contribution >= 4 is 32.6 Å². The van der Waals surface area contributed by atoms with Crippen molar-refractivity contribution in [3.05, 3.63) is 29.6 Å². The smallest absolute Gasteiger partial charge is 0.251 e. The number of rotatable bonds is 3. The molecule has 102 valence electrons. The number of tetrazole rings is 1. The van der Waals surface area contributed by atoms with Gasteiger partial charge in [-0.1, -0.05) is 16.6 Å². The van der Waals surface area contributed by atoms with E-state index in [-0.39, 0.29) is 11.9 Å². The zero-order chi connectivity index (χ0) is 14.1. The first kappa shape index (κ1) is 12.5. The van der Waals surface area contributed by atoms with Crippen molar-refractivity contribution in [1.29, 1.82) is 0 Å². The molecule has 3 rings (SSSR count). The third-order valence-corrected chi connectivity index (χ3v) is 3.61. The molecule has 0 aliphatic rings. The Bertz CT molecular complexity index is 751. The van der Waals surface area contributed by atoms with Crippen molar-refractivity contribution in [3.63, 3.8) is 0 Å². The number of fused-ring (bicyclic) bond motifs is 1. The predicted octanol–water partition coefficient (Wildman–Crippen LogP) is 0.883. The monoisotopic (exact) mass is 289 g/mol. The second-order valence-electron chi connectivity index (χ2n) is 4.20. The van der Waals surface area contributed by atoms with Gasteiger partial charge < -0.3 is 11.1 Å². The normalized spacial score (nSPS) is 12.4. The fourth-order valence-corrected chi connectivity index (χ4v) is 2.55. The largest absolute Gasteiger partial charge is 0.375 e. The average molecular weight is 289 g/mol. The molecule has 2 aromatic heterocycles. The Morgan fingerprint density at radius 1 is 1.50 bits per heavy atom. The van der Waals surface area contributed by atoms with Gasteiger partial charge in [0.15, 0.2) is 11.0 Å². The van der Waals surface area contributed by atoms with Gasteiger partial charge in [-0.3, -0.25) is 4.79 Å². The summed E-state index contributed by atoms with van der Waals surface area (Å²) >= 11 is 1.35. The van der Waals surface area contributed by atoms with Crippen molar-refractivity contribution in [3.8, 4) is 0 Å². The number of H-pyrrole nitrogens is 1. The van der Waals surface area contributed by atoms with Crippen LogP contribution in [0, 0.1) is 0 Å². The van der Waals surface area contributed by atoms with Crippen LogP contribution in [0.4, 0.5) is 5.13 Å². The van der Waals surface area contributed by atoms with Crippen LogP contribution in [-0.2, 0) is 0 Å². The number of aromatic amines is 1. The summed E-state index contributed by atoms with van der Waals surface area (Å²) in [7, 11) is 0. The number of anilines is 1. The van der Waals surface area contributed by atoms with Crippen molar-refractivity contribution in [2.24, 2.45) is 0 Å². The van der Waals surface area contributed by atoms with Gasteiger partial charge in [0, 0.05) is 5.56 Å². The first-order valence-corrected chi connectivity index (χ1v) is 6.65. The maximum atomic E-state index is 12.2. The number of benzene rings is 1. The highest BCUT2D eigenvalue weighted by atomic mass is 32.1. The molecule has 0 radical (unpaired) electrons. The van der Waals surface area contributed by atoms with Crippen LogP contribution in [0.3, 0.4) is 0 Å². The molecule has 3 aromatic rings. The van der Waals surface area contributed by atoms with Crippen LogP contribution in [-0.4, -0.2) is 31.5 Å². The Morgan fingerprint density at radius 2 is 2.35 bits per heavy atom. The second kappa shape index (κ2) is 4.85. The number of thiazole rings is 1. The van der Waals surface area contributed by atoms with Crippen molar-refractivity contribution in [2.75, 3.05) is 5.73 Å². The lowest BCUT2D eigenvalue weighted by molar-refractivity contribution is 0.0938. The lowest BCUT2D eigenvalue weighted by Gasteiger charge is -2.09. The highest BCUT2D eigenvalue weighted by molar-refractivity contribution is 7.22. The van der Waals surface area contributed by atoms with Gasteiger partial charge in [-0.15, -0.1) is 10.2 Å². The number of carbonyl (C=O) groups is 1. The summed E-state index contributed by atoms with van der Waals surface area (Å²) in [6, 6.07) is 4.92. The maximum Gasteiger partial charge on any atom is 0.251 e. The van der Waals surface area contributed by atoms with E-state index in [9.17, 15) is 4.79 Å². The van der Waals surface area contributed by atoms with Crippen LogP contribution in [0.2, 0.25) is 0 Å². The van der Waals surface area contributed by atoms with Gasteiger partial charge in [-0.2, -0.15) is 5.21 Å². The zero-order valence-corrected chi connectivity index (χ0v) is 11.3. The van der Waals surface area contributed by atoms with Crippen molar-refractivity contribution < 1.29 is 4.79 Å². The minimum Gasteiger partial charge on any atom is -0.375 e. The number of nitrogens with one attached hydrogen (secondary N) is 2. The highest BCUT2D eigenvalue weighted by Gasteiger charge is 2.15. The van der Waals surface area contributed by atoms with E-state index in [1.54, 1.807) is 25.1 Å². The summed E-state index contributed by atoms with van der Waals surface area (Å²) in [6.07, 6.45) is 0. The molecule has 1 atom stereocenters. The molecule has 0 spiro atoms. The first-order chi connectivity index (χ1) is 9.63. The SMILES string of the molecule is CC(NC(=O)c1ccc2nc(N)sc2c1)c1nn[nH]n1. The number of nitrogen functional groups attached to an aromatic ring is 1. The molecule has 0 fully saturated rings. The third kappa shape index (κ3) is 2.30. The minimum atomic E-state index is -0.330. The van der Waals surface area contributed by atoms with E-state index in [1.165, 1.54) is 11.3 Å². The van der Waals surface area contributed by atoms with Crippen LogP contribution < -0.4 is 11.1 Å². The van der Waals surface area contributed by atoms with Crippen LogP contribution in [0.15, 0.2) is 18.2 Å². The van der Waals surface area contributed by atoms with E-state index in [0.29, 0.717) is 16.5 Å². The van der Waals surface area contributed by atoms with Crippen molar-refractivity contribution in [2.45, 2.75) is 13.0 Å². The van der Waals surface area contributed by atoms with E-state index in [2.05, 4.69) is 30.9 Å². The van der Waals surface area contributed by atoms with Crippen LogP contribution >= 0.6 is 11.3 Å². The Kier molecular flexibility index (Phi) is 3.03. The molecular formula is C11H11N7OS. The molecule has 1 unspecified atom stereocenters. The molecule has 20 heavy (non-hydrogen) atoms. The van der Waals surface area contributed by atoms with Gasteiger partial charge in [0.05, 0.1) is 16.3 Å². The predicted molar refractivity (Wildman–Crippen MR) is 74.1 cm³/mol. The molecule has 2 heterocycles. The van der Waals surface area contributed by atoms with Gasteiger partial charge in [0.1, 0.15) is 0 Å². The van der Waals surface area contributed by atoms with Gasteiger partial charge in [0.25, 0.3) is 5.91 Å². The Labute approximate surface area is 117 Å². The van der Waals surface area contributed by atoms with E-state index >= 15 is 0 Å². The van der Waals surface area contributed by atoms with E-state index in [0.717, 1.165) is 10.2 Å². The number of hydrogen-bond donors (Lipinski definition) is 3. The molecule has 0 bridgehead atoms. The first-order valence-electron chi connectivity index (χ1n) is 5.84. The van der Waals surface area contributed by atoms with Crippen LogP contribution in [0.25, 0.3) is 10.2 Å². The summed E-state index contributed by atoms with van der Waals surface area (Å²) in [5.41, 5.74) is 6.97. The molecule has 4 N–H and O–H groups in total. The van der Waals surface area contributed by atoms with Crippen molar-refractivity contribution in [1.82, 2.24) is 30.9 Å². The number of aromatic nitrogens is 5. The topological polar surface area (TPSA) is 122 Å². The fourth-order valence-electron chi connectivity index (χ4n) is 1.78. The Morgan fingerprint density at radius 3 is 3.10 bits per heavy atom. The molecular weight excluding hydrogens is 278 g/mol.